The minimum absolute atomic E-state index is 0.00227. The molecule has 1 saturated carbocycles. The molecule has 0 unspecified atom stereocenters. The molecule has 5 N–H and O–H groups in total. The van der Waals surface area contributed by atoms with E-state index in [0.717, 1.165) is 23.8 Å². The fourth-order valence-corrected chi connectivity index (χ4v) is 4.54. The zero-order chi connectivity index (χ0) is 23.9. The number of nitrogens with two attached hydrogens (primary N) is 1. The quantitative estimate of drug-likeness (QED) is 0.321. The van der Waals surface area contributed by atoms with Gasteiger partial charge in [0.25, 0.3) is 10.0 Å². The molecule has 172 valence electrons. The number of aromatic nitrogens is 3. The third-order valence-electron chi connectivity index (χ3n) is 5.46. The van der Waals surface area contributed by atoms with Gasteiger partial charge in [0.2, 0.25) is 17.8 Å². The molecule has 0 radical (unpaired) electrons. The Morgan fingerprint density at radius 3 is 2.32 bits per heavy atom. The number of aromatic amines is 1. The molecule has 1 aliphatic carbocycles. The molecule has 1 aliphatic rings. The minimum atomic E-state index is -3.86. The number of nitrogens with zero attached hydrogens (tertiary/aromatic N) is 2. The predicted molar refractivity (Wildman–Crippen MR) is 126 cm³/mol. The first-order valence-electron chi connectivity index (χ1n) is 10.5. The number of rotatable bonds is 7. The number of anilines is 2. The van der Waals surface area contributed by atoms with E-state index in [1.54, 1.807) is 30.5 Å². The number of fused-ring (bicyclic) bond motifs is 1. The Kier molecular flexibility index (Phi) is 5.25. The lowest BCUT2D eigenvalue weighted by Gasteiger charge is -2.10. The molecule has 11 heteroatoms. The summed E-state index contributed by atoms with van der Waals surface area (Å²) in [5.74, 6) is -0.494. The minimum Gasteiger partial charge on any atom is -0.366 e. The maximum Gasteiger partial charge on any atom is 0.261 e. The van der Waals surface area contributed by atoms with Crippen molar-refractivity contribution in [3.05, 3.63) is 66.4 Å². The third-order valence-corrected chi connectivity index (χ3v) is 6.86. The smallest absolute Gasteiger partial charge is 0.261 e. The van der Waals surface area contributed by atoms with Crippen LogP contribution in [0.5, 0.6) is 0 Å². The van der Waals surface area contributed by atoms with Crippen LogP contribution in [0.4, 0.5) is 11.6 Å². The van der Waals surface area contributed by atoms with Crippen LogP contribution < -0.4 is 15.8 Å². The molecule has 0 saturated heterocycles. The number of H-pyrrole nitrogens is 1. The van der Waals surface area contributed by atoms with Gasteiger partial charge in [0.15, 0.2) is 0 Å². The zero-order valence-corrected chi connectivity index (χ0v) is 18.6. The first-order chi connectivity index (χ1) is 16.3. The summed E-state index contributed by atoms with van der Waals surface area (Å²) < 4.78 is 27.9. The van der Waals surface area contributed by atoms with Crippen LogP contribution in [0.2, 0.25) is 0 Å². The summed E-state index contributed by atoms with van der Waals surface area (Å²) in [4.78, 5) is 35.3. The highest BCUT2D eigenvalue weighted by Gasteiger charge is 2.30. The van der Waals surface area contributed by atoms with Gasteiger partial charge in [-0.1, -0.05) is 12.1 Å². The van der Waals surface area contributed by atoms with Crippen LogP contribution in [-0.4, -0.2) is 35.2 Å². The van der Waals surface area contributed by atoms with Crippen molar-refractivity contribution in [2.75, 3.05) is 10.0 Å². The molecule has 1 fully saturated rings. The van der Waals surface area contributed by atoms with Crippen LogP contribution in [0.15, 0.2) is 65.7 Å². The number of carbonyl (C=O) groups excluding carboxylic acids is 2. The molecule has 0 spiro atoms. The Labute approximate surface area is 194 Å². The highest BCUT2D eigenvalue weighted by atomic mass is 32.2. The Bertz CT molecular complexity index is 1510. The molecule has 34 heavy (non-hydrogen) atoms. The monoisotopic (exact) mass is 476 g/mol. The zero-order valence-electron chi connectivity index (χ0n) is 17.8. The van der Waals surface area contributed by atoms with Crippen LogP contribution in [0.25, 0.3) is 22.3 Å². The van der Waals surface area contributed by atoms with E-state index in [0.29, 0.717) is 17.0 Å². The highest BCUT2D eigenvalue weighted by molar-refractivity contribution is 7.92. The van der Waals surface area contributed by atoms with Crippen molar-refractivity contribution in [3.63, 3.8) is 0 Å². The number of amides is 2. The average molecular weight is 477 g/mol. The molecular weight excluding hydrogens is 456 g/mol. The summed E-state index contributed by atoms with van der Waals surface area (Å²) in [5.41, 5.74) is 7.68. The molecule has 2 aromatic heterocycles. The van der Waals surface area contributed by atoms with Crippen LogP contribution in [0, 0.1) is 5.92 Å². The van der Waals surface area contributed by atoms with Crippen LogP contribution in [0.1, 0.15) is 23.2 Å². The fraction of sp³-hybridized carbons (Fsp3) is 0.130. The second-order valence-corrected chi connectivity index (χ2v) is 9.65. The van der Waals surface area contributed by atoms with Gasteiger partial charge in [-0.3, -0.25) is 19.6 Å². The molecule has 2 amide bonds. The topological polar surface area (TPSA) is 160 Å². The van der Waals surface area contributed by atoms with Crippen molar-refractivity contribution in [1.29, 1.82) is 0 Å². The summed E-state index contributed by atoms with van der Waals surface area (Å²) in [6.45, 7) is 0. The normalized spacial score (nSPS) is 13.5. The molecule has 5 rings (SSSR count). The molecule has 0 bridgehead atoms. The van der Waals surface area contributed by atoms with Crippen molar-refractivity contribution in [1.82, 2.24) is 15.0 Å². The van der Waals surface area contributed by atoms with E-state index in [-0.39, 0.29) is 28.2 Å². The van der Waals surface area contributed by atoms with E-state index < -0.39 is 15.9 Å². The highest BCUT2D eigenvalue weighted by Crippen LogP contribution is 2.31. The van der Waals surface area contributed by atoms with E-state index in [4.69, 9.17) is 5.73 Å². The Morgan fingerprint density at radius 2 is 1.68 bits per heavy atom. The molecule has 0 aliphatic heterocycles. The fourth-order valence-electron chi connectivity index (χ4n) is 3.48. The van der Waals surface area contributed by atoms with Gasteiger partial charge in [0, 0.05) is 34.3 Å². The number of primary amides is 1. The first kappa shape index (κ1) is 21.6. The molecule has 2 heterocycles. The van der Waals surface area contributed by atoms with Gasteiger partial charge in [-0.2, -0.15) is 4.98 Å². The van der Waals surface area contributed by atoms with E-state index >= 15 is 0 Å². The van der Waals surface area contributed by atoms with E-state index in [2.05, 4.69) is 25.0 Å². The van der Waals surface area contributed by atoms with Gasteiger partial charge in [-0.15, -0.1) is 0 Å². The number of benzene rings is 2. The molecule has 10 nitrogen and oxygen atoms in total. The van der Waals surface area contributed by atoms with E-state index in [9.17, 15) is 18.0 Å². The standard InChI is InChI=1S/C23H20N6O4S/c24-20(30)14-5-9-17(10-6-14)34(32,33)29-16-7-3-13(4-8-16)19-18-11-12-25-21(18)27-23(26-19)28-22(31)15-1-2-15/h3-12,15,29H,1-2H2,(H2,24,30)(H2,25,26,27,28,31). The average Bonchev–Trinajstić information content (AvgIpc) is 3.57. The van der Waals surface area contributed by atoms with Crippen LogP contribution >= 0.6 is 0 Å². The number of hydrogen-bond donors (Lipinski definition) is 4. The van der Waals surface area contributed by atoms with Gasteiger partial charge in [0.05, 0.1) is 10.6 Å². The summed E-state index contributed by atoms with van der Waals surface area (Å²) in [5, 5.41) is 3.54. The van der Waals surface area contributed by atoms with Gasteiger partial charge in [-0.25, -0.2) is 13.4 Å². The molecule has 4 aromatic rings. The van der Waals surface area contributed by atoms with Gasteiger partial charge in [-0.05, 0) is 55.3 Å². The van der Waals surface area contributed by atoms with Crippen molar-refractivity contribution >= 4 is 44.5 Å². The number of nitrogens with one attached hydrogen (secondary N) is 3. The SMILES string of the molecule is NC(=O)c1ccc(S(=O)(=O)Nc2ccc(-c3nc(NC(=O)C4CC4)nc4[nH]ccc34)cc2)cc1. The van der Waals surface area contributed by atoms with Crippen LogP contribution in [0.3, 0.4) is 0 Å². The summed E-state index contributed by atoms with van der Waals surface area (Å²) >= 11 is 0. The molecule has 2 aromatic carbocycles. The molecular formula is C23H20N6O4S. The summed E-state index contributed by atoms with van der Waals surface area (Å²) in [6, 6.07) is 13.9. The summed E-state index contributed by atoms with van der Waals surface area (Å²) in [6.07, 6.45) is 3.48. The van der Waals surface area contributed by atoms with Crippen LogP contribution in [-0.2, 0) is 14.8 Å². The van der Waals surface area contributed by atoms with E-state index in [1.807, 2.05) is 6.07 Å². The van der Waals surface area contributed by atoms with Crippen molar-refractivity contribution < 1.29 is 18.0 Å². The Balaban J connectivity index is 1.40. The number of carbonyl (C=O) groups is 2. The second-order valence-electron chi connectivity index (χ2n) is 7.97. The number of sulfonamides is 1. The lowest BCUT2D eigenvalue weighted by Crippen LogP contribution is -2.16. The van der Waals surface area contributed by atoms with Crippen molar-refractivity contribution in [2.45, 2.75) is 17.7 Å². The maximum atomic E-state index is 12.7. The van der Waals surface area contributed by atoms with Gasteiger partial charge < -0.3 is 10.7 Å². The lowest BCUT2D eigenvalue weighted by molar-refractivity contribution is -0.117. The summed E-state index contributed by atoms with van der Waals surface area (Å²) in [7, 11) is -3.86. The molecule has 0 atom stereocenters. The van der Waals surface area contributed by atoms with Crippen molar-refractivity contribution in [3.8, 4) is 11.3 Å². The predicted octanol–water partition coefficient (Wildman–Crippen LogP) is 2.87. The van der Waals surface area contributed by atoms with Gasteiger partial charge in [0.1, 0.15) is 5.65 Å². The number of hydrogen-bond acceptors (Lipinski definition) is 6. The van der Waals surface area contributed by atoms with E-state index in [1.165, 1.54) is 24.3 Å². The second kappa shape index (κ2) is 8.27. The van der Waals surface area contributed by atoms with Crippen molar-refractivity contribution in [2.24, 2.45) is 11.7 Å². The first-order valence-corrected chi connectivity index (χ1v) is 12.0. The largest absolute Gasteiger partial charge is 0.366 e. The van der Waals surface area contributed by atoms with Gasteiger partial charge >= 0.3 is 0 Å². The maximum absolute atomic E-state index is 12.7. The lowest BCUT2D eigenvalue weighted by atomic mass is 10.1. The Hall–Kier alpha value is -4.25. The third kappa shape index (κ3) is 4.33. The Morgan fingerprint density at radius 1 is 0.971 bits per heavy atom.